The Morgan fingerprint density at radius 1 is 0.543 bits per heavy atom. The van der Waals surface area contributed by atoms with Crippen LogP contribution in [0, 0.1) is 0 Å². The number of rotatable bonds is 27. The summed E-state index contributed by atoms with van der Waals surface area (Å²) >= 11 is 0. The van der Waals surface area contributed by atoms with Crippen LogP contribution in [0.15, 0.2) is 0 Å². The van der Waals surface area contributed by atoms with E-state index < -0.39 is 0 Å². The summed E-state index contributed by atoms with van der Waals surface area (Å²) in [5.41, 5.74) is 0. The van der Waals surface area contributed by atoms with Gasteiger partial charge in [0.2, 0.25) is 11.8 Å². The monoisotopic (exact) mass is 495 g/mol. The Morgan fingerprint density at radius 2 is 0.971 bits per heavy atom. The third-order valence-electron chi connectivity index (χ3n) is 6.99. The van der Waals surface area contributed by atoms with Gasteiger partial charge in [0, 0.05) is 19.5 Å². The van der Waals surface area contributed by atoms with Gasteiger partial charge in [-0.3, -0.25) is 9.59 Å². The third kappa shape index (κ3) is 24.4. The molecule has 208 valence electrons. The van der Waals surface area contributed by atoms with Crippen LogP contribution in [0.25, 0.3) is 0 Å². The highest BCUT2D eigenvalue weighted by Crippen LogP contribution is 2.13. The zero-order valence-corrected chi connectivity index (χ0v) is 23.9. The molecule has 0 radical (unpaired) electrons. The zero-order chi connectivity index (χ0) is 25.8. The van der Waals surface area contributed by atoms with E-state index >= 15 is 0 Å². The highest BCUT2D eigenvalue weighted by Gasteiger charge is 2.15. The van der Waals surface area contributed by atoms with Crippen molar-refractivity contribution in [2.24, 2.45) is 0 Å². The summed E-state index contributed by atoms with van der Waals surface area (Å²) in [7, 11) is 1.85. The summed E-state index contributed by atoms with van der Waals surface area (Å²) < 4.78 is 0. The van der Waals surface area contributed by atoms with E-state index in [0.717, 1.165) is 38.6 Å². The molecule has 2 amide bonds. The summed E-state index contributed by atoms with van der Waals surface area (Å²) in [6.45, 7) is 5.98. The number of amides is 2. The number of hydrogen-bond acceptors (Lipinski definition) is 3. The van der Waals surface area contributed by atoms with Crippen molar-refractivity contribution < 1.29 is 9.59 Å². The van der Waals surface area contributed by atoms with Gasteiger partial charge < -0.3 is 16.0 Å². The third-order valence-corrected chi connectivity index (χ3v) is 6.99. The topological polar surface area (TPSA) is 70.2 Å². The molecule has 0 fully saturated rings. The molecule has 0 heterocycles. The fraction of sp³-hybridized carbons (Fsp3) is 0.933. The van der Waals surface area contributed by atoms with Crippen LogP contribution in [0.1, 0.15) is 155 Å². The Morgan fingerprint density at radius 3 is 1.49 bits per heavy atom. The van der Waals surface area contributed by atoms with Crippen LogP contribution in [0.5, 0.6) is 0 Å². The van der Waals surface area contributed by atoms with E-state index in [-0.39, 0.29) is 17.9 Å². The molecule has 0 saturated heterocycles. The van der Waals surface area contributed by atoms with Crippen molar-refractivity contribution in [3.8, 4) is 0 Å². The van der Waals surface area contributed by atoms with Gasteiger partial charge >= 0.3 is 0 Å². The molecule has 0 aromatic carbocycles. The Balaban J connectivity index is 3.48. The highest BCUT2D eigenvalue weighted by molar-refractivity contribution is 5.81. The largest absolute Gasteiger partial charge is 0.356 e. The van der Waals surface area contributed by atoms with Crippen molar-refractivity contribution >= 4 is 11.8 Å². The molecule has 0 saturated carbocycles. The van der Waals surface area contributed by atoms with Gasteiger partial charge in [0.15, 0.2) is 0 Å². The number of carbonyl (C=O) groups excluding carboxylic acids is 2. The Hall–Kier alpha value is -1.10. The van der Waals surface area contributed by atoms with Crippen LogP contribution in [0.4, 0.5) is 0 Å². The van der Waals surface area contributed by atoms with E-state index in [9.17, 15) is 9.59 Å². The number of hydrogen-bond donors (Lipinski definition) is 3. The molecule has 0 bridgehead atoms. The van der Waals surface area contributed by atoms with Crippen LogP contribution in [-0.4, -0.2) is 38.0 Å². The van der Waals surface area contributed by atoms with E-state index in [1.807, 2.05) is 7.05 Å². The summed E-state index contributed by atoms with van der Waals surface area (Å²) in [4.78, 5) is 24.3. The molecule has 5 heteroatoms. The Bertz CT molecular complexity index is 471. The fourth-order valence-electron chi connectivity index (χ4n) is 4.56. The van der Waals surface area contributed by atoms with Crippen molar-refractivity contribution in [1.82, 2.24) is 16.0 Å². The summed E-state index contributed by atoms with van der Waals surface area (Å²) in [6, 6.07) is -0.132. The van der Waals surface area contributed by atoms with E-state index in [0.29, 0.717) is 13.0 Å². The fourth-order valence-corrected chi connectivity index (χ4v) is 4.56. The molecule has 0 aliphatic heterocycles. The quantitative estimate of drug-likeness (QED) is 0.104. The normalized spacial score (nSPS) is 12.0. The molecule has 0 aliphatic rings. The maximum atomic E-state index is 12.3. The van der Waals surface area contributed by atoms with Gasteiger partial charge in [-0.1, -0.05) is 117 Å². The van der Waals surface area contributed by atoms with Crippen molar-refractivity contribution in [1.29, 1.82) is 0 Å². The lowest BCUT2D eigenvalue weighted by molar-refractivity contribution is -0.123. The molecular formula is C30H61N3O2. The molecule has 0 aromatic heterocycles. The molecule has 0 aliphatic carbocycles. The zero-order valence-electron chi connectivity index (χ0n) is 23.9. The second kappa shape index (κ2) is 27.5. The minimum Gasteiger partial charge on any atom is -0.356 e. The van der Waals surface area contributed by atoms with Gasteiger partial charge in [-0.05, 0) is 39.2 Å². The van der Waals surface area contributed by atoms with Crippen LogP contribution >= 0.6 is 0 Å². The predicted octanol–water partition coefficient (Wildman–Crippen LogP) is 7.43. The van der Waals surface area contributed by atoms with Gasteiger partial charge in [-0.15, -0.1) is 0 Å². The Labute approximate surface area is 218 Å². The number of carbonyl (C=O) groups is 2. The number of unbranched alkanes of at least 4 members (excludes halogenated alkanes) is 17. The average Bonchev–Trinajstić information content (AvgIpc) is 2.86. The van der Waals surface area contributed by atoms with Gasteiger partial charge in [-0.25, -0.2) is 0 Å². The van der Waals surface area contributed by atoms with Crippen molar-refractivity contribution in [2.75, 3.05) is 20.1 Å². The molecule has 5 nitrogen and oxygen atoms in total. The van der Waals surface area contributed by atoms with Crippen LogP contribution in [0.3, 0.4) is 0 Å². The van der Waals surface area contributed by atoms with Gasteiger partial charge in [0.1, 0.15) is 0 Å². The van der Waals surface area contributed by atoms with Crippen LogP contribution in [-0.2, 0) is 9.59 Å². The second-order valence-corrected chi connectivity index (χ2v) is 10.4. The first-order chi connectivity index (χ1) is 17.2. The first-order valence-electron chi connectivity index (χ1n) is 15.4. The molecule has 0 aromatic rings. The standard InChI is InChI=1S/C30H61N3O2/c1-4-6-8-10-11-12-13-14-15-16-17-18-20-25-29(34)32-26-23-21-24-28(31-3)30(35)33-27-22-19-9-7-5-2/h28,31H,4-27H2,1-3H3,(H,32,34)(H,33,35). The van der Waals surface area contributed by atoms with Gasteiger partial charge in [0.05, 0.1) is 6.04 Å². The maximum absolute atomic E-state index is 12.3. The molecule has 1 atom stereocenters. The predicted molar refractivity (Wildman–Crippen MR) is 152 cm³/mol. The first kappa shape index (κ1) is 33.9. The van der Waals surface area contributed by atoms with E-state index in [2.05, 4.69) is 29.8 Å². The Kier molecular flexibility index (Phi) is 26.6. The summed E-state index contributed by atoms with van der Waals surface area (Å²) in [5, 5.41) is 9.23. The minimum atomic E-state index is -0.132. The smallest absolute Gasteiger partial charge is 0.237 e. The average molecular weight is 496 g/mol. The van der Waals surface area contributed by atoms with Crippen LogP contribution in [0.2, 0.25) is 0 Å². The van der Waals surface area contributed by atoms with Gasteiger partial charge in [0.25, 0.3) is 0 Å². The second-order valence-electron chi connectivity index (χ2n) is 10.4. The number of likely N-dealkylation sites (N-methyl/N-ethyl adjacent to an activating group) is 1. The molecule has 0 rings (SSSR count). The van der Waals surface area contributed by atoms with Crippen molar-refractivity contribution in [3.63, 3.8) is 0 Å². The highest BCUT2D eigenvalue weighted by atomic mass is 16.2. The molecule has 3 N–H and O–H groups in total. The lowest BCUT2D eigenvalue weighted by atomic mass is 10.0. The van der Waals surface area contributed by atoms with Crippen molar-refractivity contribution in [3.05, 3.63) is 0 Å². The summed E-state index contributed by atoms with van der Waals surface area (Å²) in [5.74, 6) is 0.286. The molecule has 35 heavy (non-hydrogen) atoms. The summed E-state index contributed by atoms with van der Waals surface area (Å²) in [6.07, 6.45) is 26.6. The molecular weight excluding hydrogens is 434 g/mol. The maximum Gasteiger partial charge on any atom is 0.237 e. The van der Waals surface area contributed by atoms with E-state index in [4.69, 9.17) is 0 Å². The lowest BCUT2D eigenvalue weighted by Crippen LogP contribution is -2.43. The lowest BCUT2D eigenvalue weighted by Gasteiger charge is -2.16. The van der Waals surface area contributed by atoms with E-state index in [1.165, 1.54) is 103 Å². The molecule has 0 spiro atoms. The van der Waals surface area contributed by atoms with Crippen molar-refractivity contribution in [2.45, 2.75) is 161 Å². The minimum absolute atomic E-state index is 0.106. The van der Waals surface area contributed by atoms with Gasteiger partial charge in [-0.2, -0.15) is 0 Å². The van der Waals surface area contributed by atoms with E-state index in [1.54, 1.807) is 0 Å². The molecule has 1 unspecified atom stereocenters. The first-order valence-corrected chi connectivity index (χ1v) is 15.4. The number of nitrogens with one attached hydrogen (secondary N) is 3. The van der Waals surface area contributed by atoms with Crippen LogP contribution < -0.4 is 16.0 Å². The SMILES string of the molecule is CCCCCCCCCCCCCCCC(=O)NCCCCC(NC)C(=O)NCCCCCCC.